The lowest BCUT2D eigenvalue weighted by Gasteiger charge is -2.36. The summed E-state index contributed by atoms with van der Waals surface area (Å²) in [4.78, 5) is 16.5. The Hall–Kier alpha value is -2.69. The molecule has 5 nitrogen and oxygen atoms in total. The van der Waals surface area contributed by atoms with Crippen LogP contribution in [0, 0.1) is 6.92 Å². The molecule has 0 N–H and O–H groups in total. The summed E-state index contributed by atoms with van der Waals surface area (Å²) in [5.74, 6) is 1.62. The van der Waals surface area contributed by atoms with Crippen LogP contribution in [0.5, 0.6) is 11.5 Å². The highest BCUT2D eigenvalue weighted by atomic mass is 16.5. The molecule has 0 atom stereocenters. The van der Waals surface area contributed by atoms with Crippen LogP contribution in [-0.2, 0) is 4.79 Å². The highest BCUT2D eigenvalue weighted by Crippen LogP contribution is 2.22. The molecule has 1 fully saturated rings. The Bertz CT molecular complexity index is 724. The Balaban J connectivity index is 1.50. The maximum absolute atomic E-state index is 12.4. The second-order valence-electron chi connectivity index (χ2n) is 6.17. The van der Waals surface area contributed by atoms with Gasteiger partial charge in [-0.25, -0.2) is 0 Å². The molecule has 1 amide bonds. The third kappa shape index (κ3) is 4.44. The molecule has 5 heteroatoms. The number of methoxy groups -OCH3 is 1. The molecule has 0 aliphatic carbocycles. The molecule has 0 radical (unpaired) electrons. The quantitative estimate of drug-likeness (QED) is 0.839. The number of benzene rings is 2. The number of ether oxygens (including phenoxy) is 2. The number of rotatable bonds is 5. The highest BCUT2D eigenvalue weighted by molar-refractivity contribution is 5.78. The van der Waals surface area contributed by atoms with Gasteiger partial charge in [-0.2, -0.15) is 0 Å². The van der Waals surface area contributed by atoms with Gasteiger partial charge in [0.15, 0.2) is 6.61 Å². The Morgan fingerprint density at radius 3 is 2.44 bits per heavy atom. The molecule has 1 saturated heterocycles. The van der Waals surface area contributed by atoms with Gasteiger partial charge >= 0.3 is 0 Å². The molecule has 0 bridgehead atoms. The van der Waals surface area contributed by atoms with Gasteiger partial charge in [-0.05, 0) is 36.8 Å². The number of carbonyl (C=O) groups excluding carboxylic acids is 1. The second kappa shape index (κ2) is 7.92. The van der Waals surface area contributed by atoms with Gasteiger partial charge < -0.3 is 19.3 Å². The Morgan fingerprint density at radius 1 is 1.00 bits per heavy atom. The van der Waals surface area contributed by atoms with E-state index in [9.17, 15) is 4.79 Å². The lowest BCUT2D eigenvalue weighted by molar-refractivity contribution is -0.133. The van der Waals surface area contributed by atoms with E-state index in [0.717, 1.165) is 35.8 Å². The number of amides is 1. The minimum atomic E-state index is 0.0341. The van der Waals surface area contributed by atoms with Crippen LogP contribution >= 0.6 is 0 Å². The monoisotopic (exact) mass is 340 g/mol. The fraction of sp³-hybridized carbons (Fsp3) is 0.350. The van der Waals surface area contributed by atoms with Gasteiger partial charge in [-0.1, -0.05) is 18.2 Å². The van der Waals surface area contributed by atoms with Crippen LogP contribution in [0.2, 0.25) is 0 Å². The Kier molecular flexibility index (Phi) is 5.43. The smallest absolute Gasteiger partial charge is 0.260 e. The van der Waals surface area contributed by atoms with E-state index in [1.54, 1.807) is 7.11 Å². The predicted octanol–water partition coefficient (Wildman–Crippen LogP) is 2.73. The van der Waals surface area contributed by atoms with Crippen molar-refractivity contribution in [3.63, 3.8) is 0 Å². The van der Waals surface area contributed by atoms with E-state index in [4.69, 9.17) is 9.47 Å². The third-order valence-electron chi connectivity index (χ3n) is 4.40. The minimum Gasteiger partial charge on any atom is -0.497 e. The van der Waals surface area contributed by atoms with Crippen LogP contribution in [0.25, 0.3) is 0 Å². The number of hydrogen-bond acceptors (Lipinski definition) is 4. The summed E-state index contributed by atoms with van der Waals surface area (Å²) in [6, 6.07) is 15.8. The van der Waals surface area contributed by atoms with Crippen molar-refractivity contribution in [2.75, 3.05) is 44.8 Å². The zero-order valence-electron chi connectivity index (χ0n) is 14.8. The molecule has 0 spiro atoms. The molecule has 25 heavy (non-hydrogen) atoms. The minimum absolute atomic E-state index is 0.0341. The van der Waals surface area contributed by atoms with Gasteiger partial charge in [0.25, 0.3) is 5.91 Å². The summed E-state index contributed by atoms with van der Waals surface area (Å²) in [7, 11) is 1.67. The molecule has 3 rings (SSSR count). The van der Waals surface area contributed by atoms with Crippen LogP contribution in [0.15, 0.2) is 48.5 Å². The summed E-state index contributed by atoms with van der Waals surface area (Å²) in [6.45, 7) is 5.11. The molecular formula is C20H24N2O3. The largest absolute Gasteiger partial charge is 0.497 e. The highest BCUT2D eigenvalue weighted by Gasteiger charge is 2.21. The molecule has 2 aromatic carbocycles. The number of carbonyl (C=O) groups is 1. The summed E-state index contributed by atoms with van der Waals surface area (Å²) in [6.07, 6.45) is 0. The summed E-state index contributed by atoms with van der Waals surface area (Å²) < 4.78 is 10.9. The first-order valence-electron chi connectivity index (χ1n) is 8.52. The average Bonchev–Trinajstić information content (AvgIpc) is 2.66. The average molecular weight is 340 g/mol. The zero-order valence-corrected chi connectivity index (χ0v) is 14.8. The summed E-state index contributed by atoms with van der Waals surface area (Å²) in [5.41, 5.74) is 2.25. The number of nitrogens with zero attached hydrogens (tertiary/aromatic N) is 2. The van der Waals surface area contributed by atoms with Crippen molar-refractivity contribution < 1.29 is 14.3 Å². The van der Waals surface area contributed by atoms with E-state index in [1.165, 1.54) is 0 Å². The van der Waals surface area contributed by atoms with Gasteiger partial charge in [0.1, 0.15) is 11.5 Å². The van der Waals surface area contributed by atoms with Gasteiger partial charge in [0, 0.05) is 37.9 Å². The molecule has 0 unspecified atom stereocenters. The first-order chi connectivity index (χ1) is 12.2. The first-order valence-corrected chi connectivity index (χ1v) is 8.52. The van der Waals surface area contributed by atoms with Crippen molar-refractivity contribution in [3.8, 4) is 11.5 Å². The maximum Gasteiger partial charge on any atom is 0.260 e. The van der Waals surface area contributed by atoms with Gasteiger partial charge in [0.2, 0.25) is 0 Å². The van der Waals surface area contributed by atoms with Crippen LogP contribution in [-0.4, -0.2) is 50.7 Å². The van der Waals surface area contributed by atoms with Crippen LogP contribution in [0.1, 0.15) is 5.56 Å². The van der Waals surface area contributed by atoms with Crippen LogP contribution < -0.4 is 14.4 Å². The normalized spacial score (nSPS) is 14.3. The fourth-order valence-corrected chi connectivity index (χ4v) is 2.96. The maximum atomic E-state index is 12.4. The van der Waals surface area contributed by atoms with E-state index in [0.29, 0.717) is 13.1 Å². The Morgan fingerprint density at radius 2 is 1.72 bits per heavy atom. The van der Waals surface area contributed by atoms with Crippen LogP contribution in [0.3, 0.4) is 0 Å². The lowest BCUT2D eigenvalue weighted by Crippen LogP contribution is -2.50. The topological polar surface area (TPSA) is 42.0 Å². The SMILES string of the molecule is COc1cccc(N2CCN(C(=O)COc3cccc(C)c3)CC2)c1. The number of aryl methyl sites for hydroxylation is 1. The van der Waals surface area contributed by atoms with E-state index in [2.05, 4.69) is 11.0 Å². The van der Waals surface area contributed by atoms with Gasteiger partial charge in [-0.3, -0.25) is 4.79 Å². The van der Waals surface area contributed by atoms with Crippen molar-refractivity contribution in [1.29, 1.82) is 0 Å². The number of piperazine rings is 1. The Labute approximate surface area is 148 Å². The number of anilines is 1. The molecule has 132 valence electrons. The van der Waals surface area contributed by atoms with Crippen LogP contribution in [0.4, 0.5) is 5.69 Å². The summed E-state index contributed by atoms with van der Waals surface area (Å²) >= 11 is 0. The van der Waals surface area contributed by atoms with Gasteiger partial charge in [0.05, 0.1) is 7.11 Å². The van der Waals surface area contributed by atoms with Crippen molar-refractivity contribution in [2.45, 2.75) is 6.92 Å². The second-order valence-corrected chi connectivity index (χ2v) is 6.17. The molecule has 1 aliphatic heterocycles. The molecular weight excluding hydrogens is 316 g/mol. The lowest BCUT2D eigenvalue weighted by atomic mass is 10.2. The molecule has 0 aromatic heterocycles. The predicted molar refractivity (Wildman–Crippen MR) is 98.5 cm³/mol. The van der Waals surface area contributed by atoms with E-state index >= 15 is 0 Å². The van der Waals surface area contributed by atoms with E-state index < -0.39 is 0 Å². The molecule has 0 saturated carbocycles. The van der Waals surface area contributed by atoms with Gasteiger partial charge in [-0.15, -0.1) is 0 Å². The zero-order chi connectivity index (χ0) is 17.6. The van der Waals surface area contributed by atoms with E-state index in [1.807, 2.05) is 54.3 Å². The number of hydrogen-bond donors (Lipinski definition) is 0. The summed E-state index contributed by atoms with van der Waals surface area (Å²) in [5, 5.41) is 0. The molecule has 1 heterocycles. The third-order valence-corrected chi connectivity index (χ3v) is 4.40. The molecule has 1 aliphatic rings. The van der Waals surface area contributed by atoms with E-state index in [-0.39, 0.29) is 12.5 Å². The van der Waals surface area contributed by atoms with Crippen molar-refractivity contribution >= 4 is 11.6 Å². The first kappa shape index (κ1) is 17.1. The standard InChI is InChI=1S/C20H24N2O3/c1-16-5-3-8-19(13-16)25-15-20(23)22-11-9-21(10-12-22)17-6-4-7-18(14-17)24-2/h3-8,13-14H,9-12,15H2,1-2H3. The van der Waals surface area contributed by atoms with Crippen molar-refractivity contribution in [3.05, 3.63) is 54.1 Å². The van der Waals surface area contributed by atoms with Crippen molar-refractivity contribution in [1.82, 2.24) is 4.90 Å². The van der Waals surface area contributed by atoms with Crippen molar-refractivity contribution in [2.24, 2.45) is 0 Å². The fourth-order valence-electron chi connectivity index (χ4n) is 2.96. The molecule has 2 aromatic rings.